The standard InChI is InChI=1S/C26H28N2O14P2/c1-2-15-37-43(33,34)42-44(35,36)38-16-19-21(40-24(30)17-9-5-3-6-10-17)22(41-25(31)18-11-7-4-8-12-18)23(39-19)28-14-13-20(29)27-26(28)32/h3-14,19,21-23H,2,15-16H2,1H3,(H,33,34)(H,35,36)(H,27,29,32)/t19-,21?,22+,23-/m1/s1. The zero-order valence-corrected chi connectivity index (χ0v) is 24.8. The molecular formula is C26H28N2O14P2. The molecule has 1 aromatic heterocycles. The van der Waals surface area contributed by atoms with Gasteiger partial charge in [0.2, 0.25) is 0 Å². The third-order valence-corrected chi connectivity index (χ3v) is 8.62. The molecule has 16 nitrogen and oxygen atoms in total. The van der Waals surface area contributed by atoms with E-state index in [1.54, 1.807) is 43.3 Å². The number of carbonyl (C=O) groups excluding carboxylic acids is 2. The number of rotatable bonds is 13. The average Bonchev–Trinajstić information content (AvgIpc) is 3.31. The number of hydrogen-bond donors (Lipinski definition) is 3. The summed E-state index contributed by atoms with van der Waals surface area (Å²) in [6.45, 7) is 0.415. The van der Waals surface area contributed by atoms with Crippen LogP contribution in [0.2, 0.25) is 0 Å². The van der Waals surface area contributed by atoms with E-state index in [1.807, 2.05) is 4.98 Å². The fourth-order valence-corrected chi connectivity index (χ4v) is 6.21. The van der Waals surface area contributed by atoms with E-state index in [2.05, 4.69) is 8.83 Å². The molecule has 0 radical (unpaired) electrons. The first-order valence-corrected chi connectivity index (χ1v) is 16.0. The van der Waals surface area contributed by atoms with Crippen LogP contribution in [0, 0.1) is 0 Å². The Morgan fingerprint density at radius 1 is 0.864 bits per heavy atom. The Kier molecular flexibility index (Phi) is 10.8. The van der Waals surface area contributed by atoms with E-state index < -0.39 is 70.0 Å². The Hall–Kier alpha value is -3.72. The highest BCUT2D eigenvalue weighted by atomic mass is 31.3. The Morgan fingerprint density at radius 3 is 1.95 bits per heavy atom. The van der Waals surface area contributed by atoms with Crippen LogP contribution in [0.25, 0.3) is 0 Å². The zero-order valence-electron chi connectivity index (χ0n) is 23.0. The highest BCUT2D eigenvalue weighted by molar-refractivity contribution is 7.61. The summed E-state index contributed by atoms with van der Waals surface area (Å²) in [7, 11) is -10.3. The molecule has 0 saturated carbocycles. The lowest BCUT2D eigenvalue weighted by Crippen LogP contribution is -2.42. The van der Waals surface area contributed by atoms with Crippen LogP contribution in [0.1, 0.15) is 40.3 Å². The number of nitrogens with one attached hydrogen (secondary N) is 1. The molecule has 4 rings (SSSR count). The lowest BCUT2D eigenvalue weighted by atomic mass is 10.1. The molecule has 3 unspecified atom stereocenters. The number of benzene rings is 2. The first kappa shape index (κ1) is 33.2. The largest absolute Gasteiger partial charge is 0.481 e. The lowest BCUT2D eigenvalue weighted by Gasteiger charge is -2.25. The first-order valence-electron chi connectivity index (χ1n) is 13.0. The summed E-state index contributed by atoms with van der Waals surface area (Å²) in [4.78, 5) is 72.5. The van der Waals surface area contributed by atoms with Crippen LogP contribution in [0.5, 0.6) is 0 Å². The maximum Gasteiger partial charge on any atom is 0.481 e. The van der Waals surface area contributed by atoms with E-state index in [-0.39, 0.29) is 17.7 Å². The van der Waals surface area contributed by atoms with Crippen LogP contribution in [-0.2, 0) is 36.7 Å². The van der Waals surface area contributed by atoms with E-state index in [9.17, 15) is 38.1 Å². The average molecular weight is 654 g/mol. The smallest absolute Gasteiger partial charge is 0.452 e. The maximum atomic E-state index is 13.1. The van der Waals surface area contributed by atoms with Gasteiger partial charge in [0.05, 0.1) is 24.3 Å². The zero-order chi connectivity index (χ0) is 31.9. The molecular weight excluding hydrogens is 626 g/mol. The van der Waals surface area contributed by atoms with E-state index in [4.69, 9.17) is 18.7 Å². The van der Waals surface area contributed by atoms with Crippen molar-refractivity contribution in [3.63, 3.8) is 0 Å². The third-order valence-electron chi connectivity index (χ3n) is 5.98. The summed E-state index contributed by atoms with van der Waals surface area (Å²) in [6.07, 6.45) is -4.96. The second-order valence-electron chi connectivity index (χ2n) is 9.20. The fourth-order valence-electron chi connectivity index (χ4n) is 4.05. The minimum atomic E-state index is -5.31. The van der Waals surface area contributed by atoms with Gasteiger partial charge in [0, 0.05) is 12.3 Å². The number of nitrogens with zero attached hydrogens (tertiary/aromatic N) is 1. The summed E-state index contributed by atoms with van der Waals surface area (Å²) < 4.78 is 56.4. The molecule has 1 saturated heterocycles. The number of ether oxygens (including phenoxy) is 3. The van der Waals surface area contributed by atoms with Crippen LogP contribution in [0.4, 0.5) is 0 Å². The van der Waals surface area contributed by atoms with E-state index >= 15 is 0 Å². The molecule has 236 valence electrons. The minimum absolute atomic E-state index is 0.0791. The molecule has 2 aromatic carbocycles. The maximum absolute atomic E-state index is 13.1. The van der Waals surface area contributed by atoms with Gasteiger partial charge in [-0.05, 0) is 30.7 Å². The van der Waals surface area contributed by atoms with Gasteiger partial charge in [-0.2, -0.15) is 4.31 Å². The molecule has 44 heavy (non-hydrogen) atoms. The second-order valence-corrected chi connectivity index (χ2v) is 12.2. The summed E-state index contributed by atoms with van der Waals surface area (Å²) >= 11 is 0. The monoisotopic (exact) mass is 654 g/mol. The van der Waals surface area contributed by atoms with Gasteiger partial charge in [-0.1, -0.05) is 43.3 Å². The predicted molar refractivity (Wildman–Crippen MR) is 149 cm³/mol. The molecule has 0 spiro atoms. The third kappa shape index (κ3) is 8.68. The van der Waals surface area contributed by atoms with Crippen LogP contribution in [0.3, 0.4) is 0 Å². The topological polar surface area (TPSA) is 219 Å². The molecule has 6 atom stereocenters. The van der Waals surface area contributed by atoms with Crippen molar-refractivity contribution in [3.8, 4) is 0 Å². The Labute approximate surface area is 249 Å². The quantitative estimate of drug-likeness (QED) is 0.178. The van der Waals surface area contributed by atoms with Gasteiger partial charge < -0.3 is 24.0 Å². The molecule has 1 aliphatic heterocycles. The molecule has 3 aromatic rings. The molecule has 0 bridgehead atoms. The number of esters is 2. The van der Waals surface area contributed by atoms with Gasteiger partial charge in [-0.25, -0.2) is 23.5 Å². The highest BCUT2D eigenvalue weighted by Gasteiger charge is 2.52. The molecule has 3 N–H and O–H groups in total. The van der Waals surface area contributed by atoms with Crippen molar-refractivity contribution in [2.45, 2.75) is 37.9 Å². The Balaban J connectivity index is 1.69. The van der Waals surface area contributed by atoms with Gasteiger partial charge in [-0.3, -0.25) is 23.4 Å². The van der Waals surface area contributed by atoms with Gasteiger partial charge in [-0.15, -0.1) is 0 Å². The second kappa shape index (κ2) is 14.4. The molecule has 18 heteroatoms. The molecule has 0 amide bonds. The summed E-state index contributed by atoms with van der Waals surface area (Å²) in [6, 6.07) is 16.3. The SMILES string of the molecule is CCCOP(=O)(O)OP(=O)(O)OC[C@H]1O[C@@H](n2ccc(=O)[nH]c2=O)[C@@H](OC(=O)c2ccccc2)C1OC(=O)c1ccccc1. The number of aromatic nitrogens is 2. The van der Waals surface area contributed by atoms with Crippen LogP contribution in [-0.4, -0.2) is 62.8 Å². The first-order chi connectivity index (χ1) is 20.9. The van der Waals surface area contributed by atoms with Crippen molar-refractivity contribution in [2.75, 3.05) is 13.2 Å². The van der Waals surface area contributed by atoms with Crippen molar-refractivity contribution in [1.29, 1.82) is 0 Å². The minimum Gasteiger partial charge on any atom is -0.452 e. The Bertz CT molecular complexity index is 1660. The highest BCUT2D eigenvalue weighted by Crippen LogP contribution is 2.60. The summed E-state index contributed by atoms with van der Waals surface area (Å²) in [5.41, 5.74) is -1.56. The van der Waals surface area contributed by atoms with Crippen molar-refractivity contribution < 1.29 is 56.1 Å². The molecule has 1 aliphatic rings. The van der Waals surface area contributed by atoms with Gasteiger partial charge in [0.25, 0.3) is 5.56 Å². The lowest BCUT2D eigenvalue weighted by molar-refractivity contribution is -0.0598. The van der Waals surface area contributed by atoms with E-state index in [0.29, 0.717) is 6.42 Å². The van der Waals surface area contributed by atoms with Crippen molar-refractivity contribution >= 4 is 27.6 Å². The molecule has 2 heterocycles. The van der Waals surface area contributed by atoms with Crippen LogP contribution in [0.15, 0.2) is 82.5 Å². The van der Waals surface area contributed by atoms with Gasteiger partial charge in [0.15, 0.2) is 18.4 Å². The predicted octanol–water partition coefficient (Wildman–Crippen LogP) is 2.55. The number of phosphoric acid groups is 2. The fraction of sp³-hybridized carbons (Fsp3) is 0.308. The molecule has 1 fully saturated rings. The molecule has 0 aliphatic carbocycles. The number of H-pyrrole nitrogens is 1. The van der Waals surface area contributed by atoms with Gasteiger partial charge in [0.1, 0.15) is 6.10 Å². The summed E-state index contributed by atoms with van der Waals surface area (Å²) in [5.74, 6) is -1.83. The number of aromatic amines is 1. The van der Waals surface area contributed by atoms with Crippen LogP contribution < -0.4 is 11.2 Å². The normalized spacial score (nSPS) is 22.4. The van der Waals surface area contributed by atoms with E-state index in [0.717, 1.165) is 16.8 Å². The van der Waals surface area contributed by atoms with Crippen LogP contribution >= 0.6 is 15.6 Å². The van der Waals surface area contributed by atoms with E-state index in [1.165, 1.54) is 24.3 Å². The Morgan fingerprint density at radius 2 is 1.41 bits per heavy atom. The van der Waals surface area contributed by atoms with Crippen molar-refractivity contribution in [1.82, 2.24) is 9.55 Å². The number of carbonyl (C=O) groups is 2. The number of hydrogen-bond acceptors (Lipinski definition) is 12. The summed E-state index contributed by atoms with van der Waals surface area (Å²) in [5, 5.41) is 0. The van der Waals surface area contributed by atoms with Gasteiger partial charge >= 0.3 is 33.3 Å². The number of phosphoric ester groups is 2. The van der Waals surface area contributed by atoms with Crippen molar-refractivity contribution in [3.05, 3.63) is 105 Å². The van der Waals surface area contributed by atoms with Crippen molar-refractivity contribution in [2.24, 2.45) is 0 Å².